The van der Waals surface area contributed by atoms with E-state index in [9.17, 15) is 0 Å². The van der Waals surface area contributed by atoms with Crippen LogP contribution in [-0.4, -0.2) is 16.6 Å². The number of allylic oxidation sites excluding steroid dienone is 1. The van der Waals surface area contributed by atoms with E-state index in [0.29, 0.717) is 5.88 Å². The van der Waals surface area contributed by atoms with Crippen LogP contribution in [0.25, 0.3) is 0 Å². The summed E-state index contributed by atoms with van der Waals surface area (Å²) >= 11 is 8.85. The van der Waals surface area contributed by atoms with Crippen LogP contribution in [0.1, 0.15) is 0 Å². The second-order valence-electron chi connectivity index (χ2n) is 1.73. The Morgan fingerprint density at radius 1 is 1.64 bits per heavy atom. The van der Waals surface area contributed by atoms with Crippen LogP contribution < -0.4 is 0 Å². The van der Waals surface area contributed by atoms with Crippen molar-refractivity contribution in [3.8, 4) is 0 Å². The third kappa shape index (κ3) is 3.79. The fourth-order valence-corrected chi connectivity index (χ4v) is 2.17. The molecule has 0 saturated heterocycles. The van der Waals surface area contributed by atoms with Gasteiger partial charge in [0.2, 0.25) is 0 Å². The fourth-order valence-electron chi connectivity index (χ4n) is 0.532. The molecule has 0 bridgehead atoms. The lowest BCUT2D eigenvalue weighted by Gasteiger charge is -1.87. The summed E-state index contributed by atoms with van der Waals surface area (Å²) in [4.78, 5) is 4.13. The molecule has 60 valence electrons. The Balaban J connectivity index is 2.19. The molecule has 1 aromatic heterocycles. The summed E-state index contributed by atoms with van der Waals surface area (Å²) in [5, 5.41) is 1.98. The van der Waals surface area contributed by atoms with Crippen LogP contribution in [0.15, 0.2) is 28.1 Å². The summed E-state index contributed by atoms with van der Waals surface area (Å²) in [6.45, 7) is 0. The Labute approximate surface area is 79.5 Å². The molecule has 0 unspecified atom stereocenters. The van der Waals surface area contributed by atoms with Gasteiger partial charge in [0.25, 0.3) is 0 Å². The quantitative estimate of drug-likeness (QED) is 0.426. The highest BCUT2D eigenvalue weighted by atomic mass is 35.5. The van der Waals surface area contributed by atoms with E-state index < -0.39 is 0 Å². The van der Waals surface area contributed by atoms with Crippen molar-refractivity contribution < 1.29 is 0 Å². The van der Waals surface area contributed by atoms with Gasteiger partial charge in [0, 0.05) is 23.2 Å². The number of hydrogen-bond acceptors (Lipinski definition) is 3. The number of halogens is 1. The van der Waals surface area contributed by atoms with Gasteiger partial charge in [-0.2, -0.15) is 0 Å². The molecule has 1 heterocycles. The molecule has 0 fully saturated rings. The average Bonchev–Trinajstić information content (AvgIpc) is 2.50. The van der Waals surface area contributed by atoms with E-state index in [-0.39, 0.29) is 0 Å². The summed E-state index contributed by atoms with van der Waals surface area (Å²) in [5.74, 6) is 1.55. The number of thioether (sulfide) groups is 1. The predicted molar refractivity (Wildman–Crippen MR) is 52.7 cm³/mol. The lowest BCUT2D eigenvalue weighted by atomic mass is 10.6. The van der Waals surface area contributed by atoms with E-state index in [2.05, 4.69) is 11.1 Å². The Kier molecular flexibility index (Phi) is 4.66. The smallest absolute Gasteiger partial charge is 0.150 e. The molecule has 0 N–H and O–H groups in total. The molecule has 1 rings (SSSR count). The molecule has 0 amide bonds. The molecule has 0 aliphatic heterocycles. The first-order valence-electron chi connectivity index (χ1n) is 3.16. The Hall–Kier alpha value is 0.01000. The van der Waals surface area contributed by atoms with Crippen LogP contribution in [0.3, 0.4) is 0 Å². The van der Waals surface area contributed by atoms with Crippen molar-refractivity contribution in [3.63, 3.8) is 0 Å². The molecule has 1 aromatic rings. The average molecular weight is 206 g/mol. The van der Waals surface area contributed by atoms with Crippen molar-refractivity contribution >= 4 is 34.7 Å². The van der Waals surface area contributed by atoms with Crippen LogP contribution in [0.5, 0.6) is 0 Å². The van der Waals surface area contributed by atoms with E-state index in [1.807, 2.05) is 17.7 Å². The summed E-state index contributed by atoms with van der Waals surface area (Å²) in [7, 11) is 0. The Morgan fingerprint density at radius 2 is 2.55 bits per heavy atom. The molecule has 11 heavy (non-hydrogen) atoms. The fraction of sp³-hybridized carbons (Fsp3) is 0.286. The first-order chi connectivity index (χ1) is 5.43. The minimum atomic E-state index is 0.596. The molecule has 0 spiro atoms. The van der Waals surface area contributed by atoms with Gasteiger partial charge in [0.15, 0.2) is 0 Å². The molecule has 0 atom stereocenters. The summed E-state index contributed by atoms with van der Waals surface area (Å²) in [6.07, 6.45) is 5.82. The molecule has 0 aromatic carbocycles. The van der Waals surface area contributed by atoms with Gasteiger partial charge in [-0.15, -0.1) is 22.9 Å². The molecule has 0 aliphatic rings. The van der Waals surface area contributed by atoms with Crippen LogP contribution in [0.2, 0.25) is 0 Å². The lowest BCUT2D eigenvalue weighted by Crippen LogP contribution is -1.71. The molecule has 0 saturated carbocycles. The number of rotatable bonds is 4. The molecule has 0 aliphatic carbocycles. The zero-order valence-corrected chi connectivity index (χ0v) is 8.25. The second kappa shape index (κ2) is 5.63. The highest BCUT2D eigenvalue weighted by Crippen LogP contribution is 2.19. The Morgan fingerprint density at radius 3 is 3.18 bits per heavy atom. The molecule has 0 radical (unpaired) electrons. The maximum Gasteiger partial charge on any atom is 0.150 e. The standard InChI is InChI=1S/C7H8ClNS2/c8-3-1-2-5-10-7-9-4-6-11-7/h1-2,4,6H,3,5H2. The zero-order valence-electron chi connectivity index (χ0n) is 5.87. The van der Waals surface area contributed by atoms with Crippen LogP contribution in [-0.2, 0) is 0 Å². The van der Waals surface area contributed by atoms with Gasteiger partial charge in [0.1, 0.15) is 4.34 Å². The lowest BCUT2D eigenvalue weighted by molar-refractivity contribution is 1.25. The number of hydrogen-bond donors (Lipinski definition) is 0. The number of alkyl halides is 1. The van der Waals surface area contributed by atoms with Gasteiger partial charge in [-0.25, -0.2) is 4.98 Å². The third-order valence-corrected chi connectivity index (χ3v) is 3.07. The molecular weight excluding hydrogens is 198 g/mol. The SMILES string of the molecule is ClCC=CCSc1nccs1. The Bertz CT molecular complexity index is 208. The van der Waals surface area contributed by atoms with Crippen molar-refractivity contribution in [1.82, 2.24) is 4.98 Å². The van der Waals surface area contributed by atoms with Crippen LogP contribution in [0, 0.1) is 0 Å². The van der Waals surface area contributed by atoms with Crippen molar-refractivity contribution in [2.45, 2.75) is 4.34 Å². The van der Waals surface area contributed by atoms with Gasteiger partial charge in [-0.3, -0.25) is 0 Å². The minimum Gasteiger partial charge on any atom is -0.238 e. The number of aromatic nitrogens is 1. The third-order valence-electron chi connectivity index (χ3n) is 0.968. The van der Waals surface area contributed by atoms with Crippen LogP contribution >= 0.6 is 34.7 Å². The monoisotopic (exact) mass is 205 g/mol. The second-order valence-corrected chi connectivity index (χ2v) is 4.21. The minimum absolute atomic E-state index is 0.596. The van der Waals surface area contributed by atoms with Crippen molar-refractivity contribution in [3.05, 3.63) is 23.7 Å². The number of thiazole rings is 1. The van der Waals surface area contributed by atoms with Crippen molar-refractivity contribution in [2.24, 2.45) is 0 Å². The van der Waals surface area contributed by atoms with Gasteiger partial charge >= 0.3 is 0 Å². The van der Waals surface area contributed by atoms with Crippen LogP contribution in [0.4, 0.5) is 0 Å². The normalized spacial score (nSPS) is 11.0. The molecule has 1 nitrogen and oxygen atoms in total. The van der Waals surface area contributed by atoms with Gasteiger partial charge < -0.3 is 0 Å². The highest BCUT2D eigenvalue weighted by Gasteiger charge is 1.91. The maximum atomic E-state index is 5.45. The summed E-state index contributed by atoms with van der Waals surface area (Å²) in [5.41, 5.74) is 0. The first-order valence-corrected chi connectivity index (χ1v) is 5.56. The van der Waals surface area contributed by atoms with Gasteiger partial charge in [-0.1, -0.05) is 23.9 Å². The number of nitrogens with zero attached hydrogens (tertiary/aromatic N) is 1. The molecular formula is C7H8ClNS2. The van der Waals surface area contributed by atoms with E-state index in [0.717, 1.165) is 10.1 Å². The maximum absolute atomic E-state index is 5.45. The topological polar surface area (TPSA) is 12.9 Å². The van der Waals surface area contributed by atoms with E-state index >= 15 is 0 Å². The van der Waals surface area contributed by atoms with E-state index in [1.165, 1.54) is 0 Å². The largest absolute Gasteiger partial charge is 0.238 e. The predicted octanol–water partition coefficient (Wildman–Crippen LogP) is 3.03. The highest BCUT2D eigenvalue weighted by molar-refractivity contribution is 8.01. The van der Waals surface area contributed by atoms with Crippen molar-refractivity contribution in [2.75, 3.05) is 11.6 Å². The summed E-state index contributed by atoms with van der Waals surface area (Å²) < 4.78 is 1.12. The molecule has 4 heteroatoms. The zero-order chi connectivity index (χ0) is 7.94. The van der Waals surface area contributed by atoms with Gasteiger partial charge in [-0.05, 0) is 0 Å². The van der Waals surface area contributed by atoms with E-state index in [1.54, 1.807) is 23.1 Å². The van der Waals surface area contributed by atoms with Crippen molar-refractivity contribution in [1.29, 1.82) is 0 Å². The summed E-state index contributed by atoms with van der Waals surface area (Å²) in [6, 6.07) is 0. The van der Waals surface area contributed by atoms with E-state index in [4.69, 9.17) is 11.6 Å². The first kappa shape index (κ1) is 9.10. The van der Waals surface area contributed by atoms with Gasteiger partial charge in [0.05, 0.1) is 0 Å².